The van der Waals surface area contributed by atoms with Gasteiger partial charge in [-0.05, 0) is 31.2 Å². The van der Waals surface area contributed by atoms with Crippen LogP contribution in [0, 0.1) is 5.92 Å². The molecule has 2 aliphatic rings. The Balaban J connectivity index is 1.45. The lowest BCUT2D eigenvalue weighted by Crippen LogP contribution is -2.41. The molecule has 144 valence electrons. The predicted molar refractivity (Wildman–Crippen MR) is 103 cm³/mol. The van der Waals surface area contributed by atoms with E-state index in [0.29, 0.717) is 44.5 Å². The third-order valence-electron chi connectivity index (χ3n) is 4.67. The van der Waals surface area contributed by atoms with Gasteiger partial charge in [-0.3, -0.25) is 4.99 Å². The summed E-state index contributed by atoms with van der Waals surface area (Å²) in [6.07, 6.45) is 3.25. The van der Waals surface area contributed by atoms with Gasteiger partial charge >= 0.3 is 0 Å². The Hall–Kier alpha value is -1.80. The minimum absolute atomic E-state index is 0.262. The molecule has 1 saturated carbocycles. The molecule has 2 N–H and O–H groups in total. The zero-order valence-corrected chi connectivity index (χ0v) is 16.1. The lowest BCUT2D eigenvalue weighted by Gasteiger charge is -2.17. The Bertz CT molecular complexity index is 732. The van der Waals surface area contributed by atoms with E-state index in [1.165, 1.54) is 17.1 Å². The molecule has 0 unspecified atom stereocenters. The van der Waals surface area contributed by atoms with Crippen molar-refractivity contribution in [1.29, 1.82) is 0 Å². The molecule has 0 radical (unpaired) electrons. The van der Waals surface area contributed by atoms with Gasteiger partial charge in [0.1, 0.15) is 5.75 Å². The van der Waals surface area contributed by atoms with Crippen molar-refractivity contribution in [3.63, 3.8) is 0 Å². The topological polar surface area (TPSA) is 83.0 Å². The Morgan fingerprint density at radius 2 is 2.12 bits per heavy atom. The molecule has 2 fully saturated rings. The number of hydrogen-bond donors (Lipinski definition) is 2. The SMILES string of the molecule is CN=C(NCCN1CCCS1(=O)=O)NCc1ccccc1OCC1CC1. The fraction of sp³-hybridized carbons (Fsp3) is 0.611. The monoisotopic (exact) mass is 380 g/mol. The van der Waals surface area contributed by atoms with E-state index in [0.717, 1.165) is 17.9 Å². The standard InChI is InChI=1S/C18H28N4O3S/c1-19-18(20-9-11-22-10-4-12-26(22,23)24)21-13-16-5-2-3-6-17(16)25-14-15-7-8-15/h2-3,5-6,15H,4,7-14H2,1H3,(H2,19,20,21). The van der Waals surface area contributed by atoms with Crippen LogP contribution >= 0.6 is 0 Å². The van der Waals surface area contributed by atoms with Crippen molar-refractivity contribution >= 4 is 16.0 Å². The molecule has 3 rings (SSSR count). The molecule has 1 heterocycles. The van der Waals surface area contributed by atoms with Gasteiger partial charge in [0, 0.05) is 38.8 Å². The van der Waals surface area contributed by atoms with Crippen molar-refractivity contribution in [3.05, 3.63) is 29.8 Å². The molecule has 8 heteroatoms. The maximum atomic E-state index is 11.8. The summed E-state index contributed by atoms with van der Waals surface area (Å²) in [5.74, 6) is 2.54. The van der Waals surface area contributed by atoms with Crippen molar-refractivity contribution in [3.8, 4) is 5.75 Å². The third-order valence-corrected chi connectivity index (χ3v) is 6.63. The summed E-state index contributed by atoms with van der Waals surface area (Å²) in [4.78, 5) is 4.20. The zero-order valence-electron chi connectivity index (χ0n) is 15.3. The van der Waals surface area contributed by atoms with Crippen molar-refractivity contribution in [2.75, 3.05) is 39.0 Å². The van der Waals surface area contributed by atoms with Gasteiger partial charge in [-0.1, -0.05) is 18.2 Å². The number of nitrogens with one attached hydrogen (secondary N) is 2. The molecule has 1 saturated heterocycles. The number of ether oxygens (including phenoxy) is 1. The van der Waals surface area contributed by atoms with Crippen LogP contribution in [0.5, 0.6) is 5.75 Å². The fourth-order valence-electron chi connectivity index (χ4n) is 2.92. The second-order valence-corrected chi connectivity index (χ2v) is 8.87. The van der Waals surface area contributed by atoms with Crippen LogP contribution < -0.4 is 15.4 Å². The summed E-state index contributed by atoms with van der Waals surface area (Å²) in [6, 6.07) is 8.01. The van der Waals surface area contributed by atoms with E-state index in [9.17, 15) is 8.42 Å². The van der Waals surface area contributed by atoms with E-state index >= 15 is 0 Å². The van der Waals surface area contributed by atoms with Crippen molar-refractivity contribution in [2.24, 2.45) is 10.9 Å². The summed E-state index contributed by atoms with van der Waals surface area (Å²) in [6.45, 7) is 2.99. The number of hydrogen-bond acceptors (Lipinski definition) is 4. The molecule has 1 aliphatic carbocycles. The van der Waals surface area contributed by atoms with E-state index in [1.54, 1.807) is 7.05 Å². The lowest BCUT2D eigenvalue weighted by atomic mass is 10.2. The summed E-state index contributed by atoms with van der Waals surface area (Å²) < 4.78 is 31.1. The van der Waals surface area contributed by atoms with Crippen LogP contribution in [0.4, 0.5) is 0 Å². The van der Waals surface area contributed by atoms with E-state index in [-0.39, 0.29) is 5.75 Å². The number of nitrogens with zero attached hydrogens (tertiary/aromatic N) is 2. The molecule has 0 bridgehead atoms. The van der Waals surface area contributed by atoms with Gasteiger partial charge in [-0.15, -0.1) is 0 Å². The number of para-hydroxylation sites is 1. The lowest BCUT2D eigenvalue weighted by molar-refractivity contribution is 0.296. The molecule has 0 amide bonds. The van der Waals surface area contributed by atoms with Crippen LogP contribution in [0.3, 0.4) is 0 Å². The molecule has 1 aromatic carbocycles. The van der Waals surface area contributed by atoms with E-state index in [2.05, 4.69) is 15.6 Å². The average molecular weight is 381 g/mol. The minimum Gasteiger partial charge on any atom is -0.493 e. The molecular weight excluding hydrogens is 352 g/mol. The number of aliphatic imine (C=N–C) groups is 1. The maximum Gasteiger partial charge on any atom is 0.214 e. The van der Waals surface area contributed by atoms with Crippen LogP contribution in [0.1, 0.15) is 24.8 Å². The second kappa shape index (κ2) is 8.73. The Morgan fingerprint density at radius 3 is 2.81 bits per heavy atom. The number of rotatable bonds is 8. The first-order chi connectivity index (χ1) is 12.6. The van der Waals surface area contributed by atoms with Crippen LogP contribution in [-0.4, -0.2) is 57.7 Å². The average Bonchev–Trinajstić information content (AvgIpc) is 3.40. The third kappa shape index (κ3) is 5.35. The van der Waals surface area contributed by atoms with E-state index in [1.807, 2.05) is 24.3 Å². The summed E-state index contributed by atoms with van der Waals surface area (Å²) in [5.41, 5.74) is 1.08. The highest BCUT2D eigenvalue weighted by Crippen LogP contribution is 2.30. The summed E-state index contributed by atoms with van der Waals surface area (Å²) in [5, 5.41) is 6.44. The van der Waals surface area contributed by atoms with Crippen LogP contribution in [0.25, 0.3) is 0 Å². The van der Waals surface area contributed by atoms with Gasteiger partial charge < -0.3 is 15.4 Å². The number of guanidine groups is 1. The van der Waals surface area contributed by atoms with Gasteiger partial charge in [0.05, 0.1) is 12.4 Å². The highest BCUT2D eigenvalue weighted by atomic mass is 32.2. The second-order valence-electron chi connectivity index (χ2n) is 6.78. The molecule has 0 atom stereocenters. The van der Waals surface area contributed by atoms with Crippen LogP contribution in [0.15, 0.2) is 29.3 Å². The van der Waals surface area contributed by atoms with E-state index in [4.69, 9.17) is 4.74 Å². The normalized spacial score (nSPS) is 20.1. The molecule has 0 aromatic heterocycles. The Morgan fingerprint density at radius 1 is 1.31 bits per heavy atom. The first-order valence-corrected chi connectivity index (χ1v) is 10.8. The molecule has 26 heavy (non-hydrogen) atoms. The highest BCUT2D eigenvalue weighted by molar-refractivity contribution is 7.89. The molecule has 7 nitrogen and oxygen atoms in total. The fourth-order valence-corrected chi connectivity index (χ4v) is 4.45. The first-order valence-electron chi connectivity index (χ1n) is 9.21. The van der Waals surface area contributed by atoms with Gasteiger partial charge in [0.15, 0.2) is 5.96 Å². The zero-order chi connectivity index (χ0) is 18.4. The van der Waals surface area contributed by atoms with Crippen LogP contribution in [0.2, 0.25) is 0 Å². The van der Waals surface area contributed by atoms with Crippen molar-refractivity contribution < 1.29 is 13.2 Å². The van der Waals surface area contributed by atoms with Gasteiger partial charge in [-0.25, -0.2) is 12.7 Å². The Kier molecular flexibility index (Phi) is 6.37. The van der Waals surface area contributed by atoms with Crippen molar-refractivity contribution in [2.45, 2.75) is 25.8 Å². The van der Waals surface area contributed by atoms with Crippen molar-refractivity contribution in [1.82, 2.24) is 14.9 Å². The first kappa shape index (κ1) is 19.0. The number of sulfonamides is 1. The van der Waals surface area contributed by atoms with Gasteiger partial charge in [-0.2, -0.15) is 0 Å². The predicted octanol–water partition coefficient (Wildman–Crippen LogP) is 1.18. The maximum absolute atomic E-state index is 11.8. The van der Waals surface area contributed by atoms with Crippen LogP contribution in [-0.2, 0) is 16.6 Å². The Labute approximate surface area is 155 Å². The smallest absolute Gasteiger partial charge is 0.214 e. The number of benzene rings is 1. The largest absolute Gasteiger partial charge is 0.493 e. The molecular formula is C18H28N4O3S. The van der Waals surface area contributed by atoms with Gasteiger partial charge in [0.25, 0.3) is 0 Å². The minimum atomic E-state index is -3.04. The summed E-state index contributed by atoms with van der Waals surface area (Å²) >= 11 is 0. The molecule has 1 aliphatic heterocycles. The summed E-state index contributed by atoms with van der Waals surface area (Å²) in [7, 11) is -1.34. The quantitative estimate of drug-likeness (QED) is 0.523. The highest BCUT2D eigenvalue weighted by Gasteiger charge is 2.27. The van der Waals surface area contributed by atoms with E-state index < -0.39 is 10.0 Å². The molecule has 0 spiro atoms. The molecule has 1 aromatic rings. The van der Waals surface area contributed by atoms with Gasteiger partial charge in [0.2, 0.25) is 10.0 Å².